The Labute approximate surface area is 122 Å². The molecule has 0 radical (unpaired) electrons. The Bertz CT molecular complexity index is 491. The maximum atomic E-state index is 6.14. The molecular formula is C16H24O3Si. The molecule has 1 aromatic rings. The number of methoxy groups -OCH3 is 1. The lowest BCUT2D eigenvalue weighted by Gasteiger charge is -2.32. The van der Waals surface area contributed by atoms with Crippen LogP contribution in [0.3, 0.4) is 0 Å². The molecule has 0 saturated carbocycles. The van der Waals surface area contributed by atoms with Crippen molar-refractivity contribution in [3.05, 3.63) is 47.2 Å². The first-order chi connectivity index (χ1) is 9.39. The average Bonchev–Trinajstić information content (AvgIpc) is 2.36. The van der Waals surface area contributed by atoms with Crippen molar-refractivity contribution in [2.24, 2.45) is 0 Å². The normalized spacial score (nSPS) is 23.4. The molecule has 0 aromatic heterocycles. The molecule has 4 heteroatoms. The second kappa shape index (κ2) is 6.12. The van der Waals surface area contributed by atoms with Crippen molar-refractivity contribution in [2.45, 2.75) is 45.4 Å². The average molecular weight is 292 g/mol. The number of benzene rings is 1. The van der Waals surface area contributed by atoms with Gasteiger partial charge < -0.3 is 13.9 Å². The second-order valence-electron chi connectivity index (χ2n) is 6.14. The lowest BCUT2D eigenvalue weighted by atomic mass is 9.99. The molecule has 2 atom stereocenters. The van der Waals surface area contributed by atoms with E-state index in [9.17, 15) is 0 Å². The minimum atomic E-state index is -1.61. The van der Waals surface area contributed by atoms with Gasteiger partial charge in [0.1, 0.15) is 0 Å². The van der Waals surface area contributed by atoms with Gasteiger partial charge in [-0.2, -0.15) is 0 Å². The fourth-order valence-corrected chi connectivity index (χ4v) is 3.31. The van der Waals surface area contributed by atoms with Crippen molar-refractivity contribution in [1.82, 2.24) is 0 Å². The largest absolute Gasteiger partial charge is 0.547 e. The first-order valence-electron chi connectivity index (χ1n) is 7.02. The summed E-state index contributed by atoms with van der Waals surface area (Å²) in [6, 6.07) is 8.32. The van der Waals surface area contributed by atoms with Gasteiger partial charge in [0.15, 0.2) is 6.29 Å². The number of ether oxygens (including phenoxy) is 2. The summed E-state index contributed by atoms with van der Waals surface area (Å²) >= 11 is 0. The Hall–Kier alpha value is -1.10. The van der Waals surface area contributed by atoms with Crippen LogP contribution in [0.15, 0.2) is 36.1 Å². The SMILES string of the molecule is COC1C=C(O[Si](C)(C)C)C[C@@H](c2ccccc2C)O1. The van der Waals surface area contributed by atoms with Gasteiger partial charge in [0.05, 0.1) is 11.9 Å². The molecule has 0 aliphatic carbocycles. The molecule has 110 valence electrons. The lowest BCUT2D eigenvalue weighted by Crippen LogP contribution is -2.30. The van der Waals surface area contributed by atoms with Crippen LogP contribution in [0.4, 0.5) is 0 Å². The Morgan fingerprint density at radius 1 is 1.20 bits per heavy atom. The van der Waals surface area contributed by atoms with Crippen LogP contribution < -0.4 is 0 Å². The Kier molecular flexibility index (Phi) is 4.68. The quantitative estimate of drug-likeness (QED) is 0.780. The molecule has 0 spiro atoms. The van der Waals surface area contributed by atoms with Crippen molar-refractivity contribution < 1.29 is 13.9 Å². The van der Waals surface area contributed by atoms with Crippen LogP contribution in [0.5, 0.6) is 0 Å². The summed E-state index contributed by atoms with van der Waals surface area (Å²) in [4.78, 5) is 0. The van der Waals surface area contributed by atoms with Crippen LogP contribution in [0.2, 0.25) is 19.6 Å². The fourth-order valence-electron chi connectivity index (χ4n) is 2.38. The zero-order chi connectivity index (χ0) is 14.8. The van der Waals surface area contributed by atoms with Gasteiger partial charge in [0.2, 0.25) is 8.32 Å². The second-order valence-corrected chi connectivity index (χ2v) is 10.6. The van der Waals surface area contributed by atoms with Crippen LogP contribution >= 0.6 is 0 Å². The first-order valence-corrected chi connectivity index (χ1v) is 10.4. The van der Waals surface area contributed by atoms with Gasteiger partial charge in [0, 0.05) is 19.6 Å². The van der Waals surface area contributed by atoms with Gasteiger partial charge in [0.25, 0.3) is 0 Å². The van der Waals surface area contributed by atoms with Gasteiger partial charge >= 0.3 is 0 Å². The highest BCUT2D eigenvalue weighted by Crippen LogP contribution is 2.34. The van der Waals surface area contributed by atoms with Crippen LogP contribution in [0.1, 0.15) is 23.7 Å². The zero-order valence-electron chi connectivity index (χ0n) is 13.0. The highest BCUT2D eigenvalue weighted by Gasteiger charge is 2.28. The standard InChI is InChI=1S/C16H24O3Si/c1-12-8-6-7-9-14(12)15-10-13(19-20(3,4)5)11-16(17-2)18-15/h6-9,11,15-16H,10H2,1-5H3/t15-,16?/m0/s1. The molecule has 0 N–H and O–H groups in total. The fraction of sp³-hybridized carbons (Fsp3) is 0.500. The Balaban J connectivity index is 2.22. The summed E-state index contributed by atoms with van der Waals surface area (Å²) in [7, 11) is 0.0497. The number of hydrogen-bond acceptors (Lipinski definition) is 3. The molecule has 0 saturated heterocycles. The molecule has 20 heavy (non-hydrogen) atoms. The molecular weight excluding hydrogens is 268 g/mol. The molecule has 1 aromatic carbocycles. The van der Waals surface area contributed by atoms with E-state index in [0.717, 1.165) is 12.2 Å². The van der Waals surface area contributed by atoms with Crippen LogP contribution in [0.25, 0.3) is 0 Å². The molecule has 1 unspecified atom stereocenters. The molecule has 0 bridgehead atoms. The summed E-state index contributed by atoms with van der Waals surface area (Å²) in [5.41, 5.74) is 2.45. The summed E-state index contributed by atoms with van der Waals surface area (Å²) < 4.78 is 17.5. The zero-order valence-corrected chi connectivity index (χ0v) is 14.0. The van der Waals surface area contributed by atoms with Crippen molar-refractivity contribution in [3.8, 4) is 0 Å². The van der Waals surface area contributed by atoms with Crippen LogP contribution in [-0.4, -0.2) is 21.7 Å². The van der Waals surface area contributed by atoms with Crippen molar-refractivity contribution in [3.63, 3.8) is 0 Å². The number of hydrogen-bond donors (Lipinski definition) is 0. The summed E-state index contributed by atoms with van der Waals surface area (Å²) in [6.07, 6.45) is 2.39. The van der Waals surface area contributed by atoms with Crippen LogP contribution in [-0.2, 0) is 13.9 Å². The minimum absolute atomic E-state index is 0.00231. The third-order valence-corrected chi connectivity index (χ3v) is 4.09. The lowest BCUT2D eigenvalue weighted by molar-refractivity contribution is -0.139. The van der Waals surface area contributed by atoms with E-state index in [2.05, 4.69) is 38.7 Å². The smallest absolute Gasteiger partial charge is 0.241 e. The molecule has 1 aliphatic heterocycles. The van der Waals surface area contributed by atoms with E-state index in [1.54, 1.807) is 7.11 Å². The topological polar surface area (TPSA) is 27.7 Å². The van der Waals surface area contributed by atoms with E-state index in [1.165, 1.54) is 11.1 Å². The maximum absolute atomic E-state index is 6.14. The first kappa shape index (κ1) is 15.3. The number of rotatable bonds is 4. The molecule has 1 aliphatic rings. The maximum Gasteiger partial charge on any atom is 0.241 e. The Morgan fingerprint density at radius 3 is 2.50 bits per heavy atom. The monoisotopic (exact) mass is 292 g/mol. The predicted molar refractivity (Wildman–Crippen MR) is 82.9 cm³/mol. The third kappa shape index (κ3) is 3.95. The van der Waals surface area contributed by atoms with E-state index < -0.39 is 8.32 Å². The third-order valence-electron chi connectivity index (χ3n) is 3.21. The van der Waals surface area contributed by atoms with E-state index in [0.29, 0.717) is 0 Å². The highest BCUT2D eigenvalue weighted by atomic mass is 28.4. The van der Waals surface area contributed by atoms with E-state index in [1.807, 2.05) is 18.2 Å². The van der Waals surface area contributed by atoms with E-state index in [-0.39, 0.29) is 12.4 Å². The van der Waals surface area contributed by atoms with Gasteiger partial charge in [-0.3, -0.25) is 0 Å². The van der Waals surface area contributed by atoms with Gasteiger partial charge in [-0.05, 0) is 37.7 Å². The molecule has 2 rings (SSSR count). The van der Waals surface area contributed by atoms with Crippen molar-refractivity contribution >= 4 is 8.32 Å². The number of aryl methyl sites for hydroxylation is 1. The van der Waals surface area contributed by atoms with Crippen molar-refractivity contribution in [2.75, 3.05) is 7.11 Å². The van der Waals surface area contributed by atoms with Crippen LogP contribution in [0, 0.1) is 6.92 Å². The van der Waals surface area contributed by atoms with E-state index >= 15 is 0 Å². The summed E-state index contributed by atoms with van der Waals surface area (Å²) in [5, 5.41) is 0. The molecule has 0 amide bonds. The molecule has 3 nitrogen and oxygen atoms in total. The van der Waals surface area contributed by atoms with Gasteiger partial charge in [-0.15, -0.1) is 0 Å². The van der Waals surface area contributed by atoms with Gasteiger partial charge in [-0.25, -0.2) is 0 Å². The van der Waals surface area contributed by atoms with Crippen molar-refractivity contribution in [1.29, 1.82) is 0 Å². The van der Waals surface area contributed by atoms with Gasteiger partial charge in [-0.1, -0.05) is 24.3 Å². The minimum Gasteiger partial charge on any atom is -0.547 e. The van der Waals surface area contributed by atoms with E-state index in [4.69, 9.17) is 13.9 Å². The predicted octanol–water partition coefficient (Wildman–Crippen LogP) is 4.16. The molecule has 0 fully saturated rings. The summed E-state index contributed by atoms with van der Waals surface area (Å²) in [6.45, 7) is 8.67. The highest BCUT2D eigenvalue weighted by molar-refractivity contribution is 6.70. The molecule has 1 heterocycles. The summed E-state index contributed by atoms with van der Waals surface area (Å²) in [5.74, 6) is 0.996. The Morgan fingerprint density at radius 2 is 1.90 bits per heavy atom.